The first-order chi connectivity index (χ1) is 12.1. The highest BCUT2D eigenvalue weighted by atomic mass is 28.3. The molecule has 0 aliphatic rings. The van der Waals surface area contributed by atoms with Gasteiger partial charge in [-0.15, -0.1) is 0 Å². The molecular formula is C24H32Si. The van der Waals surface area contributed by atoms with Crippen molar-refractivity contribution in [1.82, 2.24) is 0 Å². The van der Waals surface area contributed by atoms with Crippen LogP contribution in [0.4, 0.5) is 0 Å². The van der Waals surface area contributed by atoms with E-state index in [9.17, 15) is 0 Å². The molecule has 0 amide bonds. The maximum absolute atomic E-state index is 3.28. The first kappa shape index (κ1) is 19.5. The van der Waals surface area contributed by atoms with Gasteiger partial charge in [0.25, 0.3) is 0 Å². The number of rotatable bonds is 8. The molecule has 0 saturated heterocycles. The lowest BCUT2D eigenvalue weighted by Gasteiger charge is -2.23. The van der Waals surface area contributed by atoms with Crippen LogP contribution in [-0.4, -0.2) is 8.07 Å². The van der Waals surface area contributed by atoms with Crippen molar-refractivity contribution in [2.24, 2.45) is 0 Å². The second-order valence-electron chi connectivity index (χ2n) is 7.60. The predicted molar refractivity (Wildman–Crippen MR) is 114 cm³/mol. The van der Waals surface area contributed by atoms with Crippen LogP contribution < -0.4 is 5.19 Å². The smallest absolute Gasteiger partial charge is 0.0654 e. The van der Waals surface area contributed by atoms with E-state index in [-0.39, 0.29) is 0 Å². The maximum atomic E-state index is 3.28. The molecule has 132 valence electrons. The molecule has 0 aliphatic carbocycles. The van der Waals surface area contributed by atoms with Gasteiger partial charge in [0.15, 0.2) is 0 Å². The van der Waals surface area contributed by atoms with Crippen molar-refractivity contribution < 1.29 is 0 Å². The second kappa shape index (κ2) is 10.3. The van der Waals surface area contributed by atoms with E-state index in [2.05, 4.69) is 68.3 Å². The van der Waals surface area contributed by atoms with Gasteiger partial charge < -0.3 is 0 Å². The lowest BCUT2D eigenvalue weighted by Crippen LogP contribution is -2.40. The summed E-state index contributed by atoms with van der Waals surface area (Å²) < 4.78 is 0. The van der Waals surface area contributed by atoms with Crippen molar-refractivity contribution in [3.63, 3.8) is 0 Å². The Bertz CT molecular complexity index is 672. The highest BCUT2D eigenvalue weighted by Crippen LogP contribution is 2.16. The van der Waals surface area contributed by atoms with Gasteiger partial charge in [-0.2, -0.15) is 0 Å². The summed E-state index contributed by atoms with van der Waals surface area (Å²) >= 11 is 0. The summed E-state index contributed by atoms with van der Waals surface area (Å²) in [5.74, 6) is 6.52. The molecule has 1 heteroatoms. The molecule has 2 aromatic carbocycles. The number of unbranched alkanes of at least 4 members (excludes halogenated alkanes) is 5. The Morgan fingerprint density at radius 2 is 1.24 bits per heavy atom. The standard InChI is InChI=1S/C24H32Si/c1-4-5-6-7-8-12-21-25(2,3)24-19-17-23(18-20-24)16-15-22-13-10-9-11-14-22/h9-11,13-14,17-20H,4-8,12,21H2,1-3H3. The molecule has 0 bridgehead atoms. The topological polar surface area (TPSA) is 0 Å². The fourth-order valence-corrected chi connectivity index (χ4v) is 5.65. The van der Waals surface area contributed by atoms with Gasteiger partial charge in [0.05, 0.1) is 8.07 Å². The van der Waals surface area contributed by atoms with E-state index < -0.39 is 8.07 Å². The Balaban J connectivity index is 1.88. The number of hydrogen-bond acceptors (Lipinski definition) is 0. The van der Waals surface area contributed by atoms with Gasteiger partial charge in [-0.1, -0.05) is 112 Å². The molecule has 0 fully saturated rings. The van der Waals surface area contributed by atoms with Crippen LogP contribution in [0.1, 0.15) is 56.6 Å². The van der Waals surface area contributed by atoms with Crippen LogP contribution in [0.15, 0.2) is 54.6 Å². The average molecular weight is 349 g/mol. The summed E-state index contributed by atoms with van der Waals surface area (Å²) in [6.45, 7) is 7.29. The van der Waals surface area contributed by atoms with E-state index in [4.69, 9.17) is 0 Å². The summed E-state index contributed by atoms with van der Waals surface area (Å²) in [5.41, 5.74) is 2.18. The molecule has 0 atom stereocenters. The van der Waals surface area contributed by atoms with Crippen LogP contribution in [0.3, 0.4) is 0 Å². The number of hydrogen-bond donors (Lipinski definition) is 0. The summed E-state index contributed by atoms with van der Waals surface area (Å²) in [6, 6.07) is 20.6. The molecule has 0 heterocycles. The Morgan fingerprint density at radius 3 is 1.88 bits per heavy atom. The minimum atomic E-state index is -1.31. The van der Waals surface area contributed by atoms with Crippen molar-refractivity contribution in [2.75, 3.05) is 0 Å². The first-order valence-electron chi connectivity index (χ1n) is 9.79. The third-order valence-electron chi connectivity index (χ3n) is 4.95. The van der Waals surface area contributed by atoms with Crippen LogP contribution in [0.2, 0.25) is 19.1 Å². The molecule has 2 aromatic rings. The molecule has 2 rings (SSSR count). The average Bonchev–Trinajstić information content (AvgIpc) is 2.64. The fraction of sp³-hybridized carbons (Fsp3) is 0.417. The number of benzene rings is 2. The van der Waals surface area contributed by atoms with Crippen LogP contribution in [0.5, 0.6) is 0 Å². The molecule has 0 N–H and O–H groups in total. The van der Waals surface area contributed by atoms with Gasteiger partial charge in [0, 0.05) is 11.1 Å². The Hall–Kier alpha value is -1.78. The second-order valence-corrected chi connectivity index (χ2v) is 12.4. The zero-order valence-electron chi connectivity index (χ0n) is 16.1. The Labute approximate surface area is 155 Å². The lowest BCUT2D eigenvalue weighted by molar-refractivity contribution is 0.623. The van der Waals surface area contributed by atoms with Crippen LogP contribution in [0, 0.1) is 11.8 Å². The Morgan fingerprint density at radius 1 is 0.680 bits per heavy atom. The van der Waals surface area contributed by atoms with Crippen molar-refractivity contribution in [2.45, 2.75) is 64.6 Å². The van der Waals surface area contributed by atoms with Crippen molar-refractivity contribution in [1.29, 1.82) is 0 Å². The molecule has 0 spiro atoms. The maximum Gasteiger partial charge on any atom is 0.0806 e. The first-order valence-corrected chi connectivity index (χ1v) is 13.0. The van der Waals surface area contributed by atoms with Gasteiger partial charge in [0.1, 0.15) is 0 Å². The quantitative estimate of drug-likeness (QED) is 0.296. The summed E-state index contributed by atoms with van der Waals surface area (Å²) in [5, 5.41) is 1.56. The predicted octanol–water partition coefficient (Wildman–Crippen LogP) is 6.36. The fourth-order valence-electron chi connectivity index (χ4n) is 3.16. The molecule has 0 saturated carbocycles. The third-order valence-corrected chi connectivity index (χ3v) is 8.45. The van der Waals surface area contributed by atoms with Gasteiger partial charge in [-0.05, 0) is 24.3 Å². The van der Waals surface area contributed by atoms with E-state index >= 15 is 0 Å². The molecule has 0 radical (unpaired) electrons. The van der Waals surface area contributed by atoms with E-state index in [1.807, 2.05) is 18.2 Å². The molecular weight excluding hydrogens is 316 g/mol. The monoisotopic (exact) mass is 348 g/mol. The van der Waals surface area contributed by atoms with Gasteiger partial charge in [0.2, 0.25) is 0 Å². The van der Waals surface area contributed by atoms with E-state index in [0.717, 1.165) is 11.1 Å². The van der Waals surface area contributed by atoms with E-state index in [1.54, 1.807) is 5.19 Å². The Kier molecular flexibility index (Phi) is 8.02. The van der Waals surface area contributed by atoms with Gasteiger partial charge in [-0.3, -0.25) is 0 Å². The SMILES string of the molecule is CCCCCCCC[Si](C)(C)c1ccc(C#Cc2ccccc2)cc1. The molecule has 0 aliphatic heterocycles. The zero-order valence-corrected chi connectivity index (χ0v) is 17.1. The minimum absolute atomic E-state index is 1.07. The van der Waals surface area contributed by atoms with Crippen LogP contribution in [-0.2, 0) is 0 Å². The third kappa shape index (κ3) is 6.92. The van der Waals surface area contributed by atoms with Crippen molar-refractivity contribution in [3.05, 3.63) is 65.7 Å². The minimum Gasteiger partial charge on any atom is -0.0654 e. The zero-order chi connectivity index (χ0) is 18.0. The largest absolute Gasteiger partial charge is 0.0806 e. The highest BCUT2D eigenvalue weighted by Gasteiger charge is 2.22. The van der Waals surface area contributed by atoms with Gasteiger partial charge >= 0.3 is 0 Å². The molecule has 0 aromatic heterocycles. The normalized spacial score (nSPS) is 11.0. The van der Waals surface area contributed by atoms with Crippen LogP contribution in [0.25, 0.3) is 0 Å². The lowest BCUT2D eigenvalue weighted by atomic mass is 10.1. The van der Waals surface area contributed by atoms with Crippen molar-refractivity contribution in [3.8, 4) is 11.8 Å². The van der Waals surface area contributed by atoms with Crippen molar-refractivity contribution >= 4 is 13.3 Å². The van der Waals surface area contributed by atoms with Crippen LogP contribution >= 0.6 is 0 Å². The summed E-state index contributed by atoms with van der Waals surface area (Å²) in [4.78, 5) is 0. The molecule has 0 unspecified atom stereocenters. The summed E-state index contributed by atoms with van der Waals surface area (Å²) in [6.07, 6.45) is 8.33. The summed E-state index contributed by atoms with van der Waals surface area (Å²) in [7, 11) is -1.31. The molecule has 25 heavy (non-hydrogen) atoms. The van der Waals surface area contributed by atoms with E-state index in [1.165, 1.54) is 44.6 Å². The molecule has 0 nitrogen and oxygen atoms in total. The van der Waals surface area contributed by atoms with Gasteiger partial charge in [-0.25, -0.2) is 0 Å². The van der Waals surface area contributed by atoms with E-state index in [0.29, 0.717) is 0 Å². The highest BCUT2D eigenvalue weighted by molar-refractivity contribution is 6.89.